The van der Waals surface area contributed by atoms with Crippen LogP contribution in [0.25, 0.3) is 0 Å². The molecule has 0 aliphatic carbocycles. The van der Waals surface area contributed by atoms with Gasteiger partial charge in [-0.05, 0) is 0 Å². The average Bonchev–Trinajstić information content (AvgIpc) is 2.02. The molecule has 0 heterocycles. The number of hydrogen-bond donors (Lipinski definition) is 0. The second-order valence-corrected chi connectivity index (χ2v) is 2.73. The van der Waals surface area contributed by atoms with E-state index in [0.29, 0.717) is 5.56 Å². The van der Waals surface area contributed by atoms with E-state index in [1.165, 1.54) is 0 Å². The fraction of sp³-hybridized carbons (Fsp3) is 0.222. The van der Waals surface area contributed by atoms with Crippen LogP contribution in [0.15, 0.2) is 30.3 Å². The molecule has 14 heavy (non-hydrogen) atoms. The molecule has 0 spiro atoms. The second-order valence-electron chi connectivity index (χ2n) is 2.73. The highest BCUT2D eigenvalue weighted by Gasteiger charge is 2.29. The Morgan fingerprint density at radius 2 is 1.79 bits per heavy atom. The van der Waals surface area contributed by atoms with Crippen LogP contribution in [0.2, 0.25) is 0 Å². The summed E-state index contributed by atoms with van der Waals surface area (Å²) in [6, 6.07) is 8.24. The van der Waals surface area contributed by atoms with Crippen molar-refractivity contribution in [1.29, 1.82) is 0 Å². The van der Waals surface area contributed by atoms with Gasteiger partial charge in [-0.2, -0.15) is 13.2 Å². The summed E-state index contributed by atoms with van der Waals surface area (Å²) in [5.41, 5.74) is 0.544. The van der Waals surface area contributed by atoms with E-state index in [1.54, 1.807) is 30.3 Å². The molecule has 1 aromatic carbocycles. The van der Waals surface area contributed by atoms with Gasteiger partial charge in [0.1, 0.15) is 0 Å². The summed E-state index contributed by atoms with van der Waals surface area (Å²) in [5, 5.41) is 10.8. The molecule has 1 rings (SSSR count). The summed E-state index contributed by atoms with van der Waals surface area (Å²) in [6.45, 7) is -0.291. The molecule has 5 heteroatoms. The molecule has 0 aromatic heterocycles. The minimum absolute atomic E-state index is 0.130. The van der Waals surface area contributed by atoms with Crippen LogP contribution in [-0.4, -0.2) is 17.1 Å². The Hall–Kier alpha value is -1.52. The molecule has 0 amide bonds. The summed E-state index contributed by atoms with van der Waals surface area (Å²) in [5.74, 6) is 0. The van der Waals surface area contributed by atoms with Gasteiger partial charge in [0.2, 0.25) is 0 Å². The molecule has 0 unspecified atom stereocenters. The molecule has 0 N–H and O–H groups in total. The number of rotatable bonds is 2. The molecule has 1 aromatic rings. The van der Waals surface area contributed by atoms with Crippen molar-refractivity contribution in [3.8, 4) is 0 Å². The third-order valence-electron chi connectivity index (χ3n) is 1.47. The van der Waals surface area contributed by atoms with Crippen LogP contribution in [0, 0.1) is 5.21 Å². The molecule has 0 saturated heterocycles. The average molecular weight is 203 g/mol. The summed E-state index contributed by atoms with van der Waals surface area (Å²) in [6.07, 6.45) is -4.85. The minimum Gasteiger partial charge on any atom is -0.624 e. The Labute approximate surface area is 78.9 Å². The van der Waals surface area contributed by atoms with Gasteiger partial charge >= 0.3 is 6.18 Å². The lowest BCUT2D eigenvalue weighted by Crippen LogP contribution is -2.18. The highest BCUT2D eigenvalue weighted by Crippen LogP contribution is 2.11. The molecule has 0 radical (unpaired) electrons. The van der Waals surface area contributed by atoms with Crippen LogP contribution in [0.4, 0.5) is 13.2 Å². The Morgan fingerprint density at radius 1 is 1.21 bits per heavy atom. The van der Waals surface area contributed by atoms with E-state index in [0.717, 1.165) is 0 Å². The zero-order valence-corrected chi connectivity index (χ0v) is 7.16. The fourth-order valence-corrected chi connectivity index (χ4v) is 0.972. The van der Waals surface area contributed by atoms with Crippen LogP contribution in [0.1, 0.15) is 5.56 Å². The van der Waals surface area contributed by atoms with E-state index in [4.69, 9.17) is 0 Å². The summed E-state index contributed by atoms with van der Waals surface area (Å²) in [4.78, 5) is 0. The van der Waals surface area contributed by atoms with Crippen LogP contribution in [0.3, 0.4) is 0 Å². The molecule has 0 bridgehead atoms. The summed E-state index contributed by atoms with van der Waals surface area (Å²) < 4.78 is 35.0. The maximum Gasteiger partial charge on any atom is 0.470 e. The molecule has 0 fully saturated rings. The number of nitrogens with zero attached hydrogens (tertiary/aromatic N) is 1. The van der Waals surface area contributed by atoms with Crippen LogP contribution < -0.4 is 0 Å². The third-order valence-corrected chi connectivity index (χ3v) is 1.47. The van der Waals surface area contributed by atoms with E-state index in [-0.39, 0.29) is 17.5 Å². The van der Waals surface area contributed by atoms with Crippen molar-refractivity contribution in [1.82, 2.24) is 0 Å². The Morgan fingerprint density at radius 3 is 2.29 bits per heavy atom. The van der Waals surface area contributed by atoms with Gasteiger partial charge in [-0.1, -0.05) is 30.3 Å². The minimum atomic E-state index is -4.56. The SMILES string of the molecule is [O-]/[N+](=C\C(F)(F)F)Cc1ccccc1. The van der Waals surface area contributed by atoms with E-state index in [2.05, 4.69) is 0 Å². The van der Waals surface area contributed by atoms with Crippen molar-refractivity contribution in [2.24, 2.45) is 0 Å². The first-order valence-electron chi connectivity index (χ1n) is 3.88. The first-order valence-corrected chi connectivity index (χ1v) is 3.88. The van der Waals surface area contributed by atoms with Gasteiger partial charge in [0.05, 0.1) is 0 Å². The van der Waals surface area contributed by atoms with Crippen molar-refractivity contribution >= 4 is 6.21 Å². The summed E-state index contributed by atoms with van der Waals surface area (Å²) >= 11 is 0. The standard InChI is InChI=1S/C9H8F3NO/c10-9(11,12)7-13(14)6-8-4-2-1-3-5-8/h1-5,7H,6H2/b13-7-. The van der Waals surface area contributed by atoms with E-state index in [9.17, 15) is 18.4 Å². The Kier molecular flexibility index (Phi) is 3.11. The molecule has 2 nitrogen and oxygen atoms in total. The molecular formula is C9H8F3NO. The molecule has 76 valence electrons. The molecule has 0 aliphatic heterocycles. The highest BCUT2D eigenvalue weighted by molar-refractivity contribution is 5.58. The predicted octanol–water partition coefficient (Wildman–Crippen LogP) is 2.33. The van der Waals surface area contributed by atoms with Crippen molar-refractivity contribution in [2.45, 2.75) is 12.7 Å². The first kappa shape index (κ1) is 10.6. The zero-order valence-electron chi connectivity index (χ0n) is 7.16. The van der Waals surface area contributed by atoms with E-state index >= 15 is 0 Å². The highest BCUT2D eigenvalue weighted by atomic mass is 19.4. The van der Waals surface area contributed by atoms with Gasteiger partial charge < -0.3 is 5.21 Å². The largest absolute Gasteiger partial charge is 0.624 e. The fourth-order valence-electron chi connectivity index (χ4n) is 0.972. The zero-order chi connectivity index (χ0) is 10.6. The topological polar surface area (TPSA) is 26.1 Å². The molecule has 0 aliphatic rings. The van der Waals surface area contributed by atoms with E-state index < -0.39 is 6.18 Å². The third kappa shape index (κ3) is 3.93. The van der Waals surface area contributed by atoms with Gasteiger partial charge in [-0.25, -0.2) is 4.74 Å². The monoisotopic (exact) mass is 203 g/mol. The lowest BCUT2D eigenvalue weighted by Gasteiger charge is -2.04. The van der Waals surface area contributed by atoms with Crippen LogP contribution in [0.5, 0.6) is 0 Å². The van der Waals surface area contributed by atoms with Crippen molar-refractivity contribution in [2.75, 3.05) is 0 Å². The predicted molar refractivity (Wildman–Crippen MR) is 45.9 cm³/mol. The van der Waals surface area contributed by atoms with Crippen molar-refractivity contribution < 1.29 is 17.9 Å². The number of alkyl halides is 3. The Balaban J connectivity index is 2.67. The lowest BCUT2D eigenvalue weighted by molar-refractivity contribution is -0.477. The van der Waals surface area contributed by atoms with Gasteiger partial charge in [0, 0.05) is 5.56 Å². The number of benzene rings is 1. The molecular weight excluding hydrogens is 195 g/mol. The van der Waals surface area contributed by atoms with Gasteiger partial charge in [0.25, 0.3) is 6.21 Å². The van der Waals surface area contributed by atoms with E-state index in [1.807, 2.05) is 0 Å². The van der Waals surface area contributed by atoms with Crippen molar-refractivity contribution in [3.05, 3.63) is 41.1 Å². The number of halogens is 3. The van der Waals surface area contributed by atoms with Gasteiger partial charge in [-0.15, -0.1) is 0 Å². The maximum atomic E-state index is 11.7. The van der Waals surface area contributed by atoms with Crippen LogP contribution >= 0.6 is 0 Å². The number of hydrogen-bond acceptors (Lipinski definition) is 1. The van der Waals surface area contributed by atoms with Gasteiger partial charge in [0.15, 0.2) is 6.54 Å². The molecule has 0 saturated carbocycles. The van der Waals surface area contributed by atoms with Gasteiger partial charge in [-0.3, -0.25) is 0 Å². The molecule has 0 atom stereocenters. The first-order chi connectivity index (χ1) is 6.47. The second kappa shape index (κ2) is 4.13. The maximum absolute atomic E-state index is 11.7. The normalized spacial score (nSPS) is 12.9. The smallest absolute Gasteiger partial charge is 0.470 e. The van der Waals surface area contributed by atoms with Crippen LogP contribution in [-0.2, 0) is 6.54 Å². The number of hydroxylamine groups is 1. The Bertz CT molecular complexity index is 319. The quantitative estimate of drug-likeness (QED) is 0.313. The lowest BCUT2D eigenvalue weighted by atomic mass is 10.2. The van der Waals surface area contributed by atoms with Crippen molar-refractivity contribution in [3.63, 3.8) is 0 Å². The summed E-state index contributed by atoms with van der Waals surface area (Å²) in [7, 11) is 0.